The molecule has 1 atom stereocenters. The van der Waals surface area contributed by atoms with E-state index in [1.54, 1.807) is 0 Å². The second kappa shape index (κ2) is 2.54. The van der Waals surface area contributed by atoms with E-state index in [1.807, 2.05) is 0 Å². The molecular weight excluding hydrogens is 122 g/mol. The third-order valence-corrected chi connectivity index (χ3v) is 2.82. The zero-order valence-corrected chi connectivity index (χ0v) is 7.65. The summed E-state index contributed by atoms with van der Waals surface area (Å²) in [6, 6.07) is 0.806. The highest BCUT2D eigenvalue weighted by Crippen LogP contribution is 2.32. The van der Waals surface area contributed by atoms with Crippen molar-refractivity contribution in [1.29, 1.82) is 0 Å². The molecule has 0 bridgehead atoms. The Bertz CT molecular complexity index is 118. The van der Waals surface area contributed by atoms with Crippen LogP contribution < -0.4 is 0 Å². The third kappa shape index (κ3) is 1.20. The molecule has 60 valence electrons. The smallest absolute Gasteiger partial charge is 0.0156 e. The average Bonchev–Trinajstić information content (AvgIpc) is 2.07. The Balaban J connectivity index is 2.63. The molecule has 10 heavy (non-hydrogen) atoms. The van der Waals surface area contributed by atoms with Crippen molar-refractivity contribution in [2.45, 2.75) is 52.1 Å². The van der Waals surface area contributed by atoms with Crippen LogP contribution in [0.1, 0.15) is 40.5 Å². The maximum Gasteiger partial charge on any atom is 0.0156 e. The molecule has 1 rings (SSSR count). The van der Waals surface area contributed by atoms with E-state index in [0.29, 0.717) is 5.54 Å². The van der Waals surface area contributed by atoms with Crippen LogP contribution in [0.15, 0.2) is 0 Å². The Kier molecular flexibility index (Phi) is 2.04. The van der Waals surface area contributed by atoms with Gasteiger partial charge in [0.05, 0.1) is 0 Å². The monoisotopic (exact) mass is 141 g/mol. The molecule has 0 aliphatic carbocycles. The van der Waals surface area contributed by atoms with E-state index >= 15 is 0 Å². The quantitative estimate of drug-likeness (QED) is 0.541. The second-order valence-electron chi connectivity index (χ2n) is 3.99. The van der Waals surface area contributed by atoms with Crippen molar-refractivity contribution in [2.75, 3.05) is 6.54 Å². The normalized spacial score (nSPS) is 33.0. The van der Waals surface area contributed by atoms with E-state index < -0.39 is 0 Å². The number of nitrogens with zero attached hydrogens (tertiary/aromatic N) is 1. The Morgan fingerprint density at radius 1 is 1.50 bits per heavy atom. The summed E-state index contributed by atoms with van der Waals surface area (Å²) in [5.41, 5.74) is 0.466. The van der Waals surface area contributed by atoms with Crippen molar-refractivity contribution in [3.05, 3.63) is 0 Å². The molecule has 1 aliphatic heterocycles. The molecule has 0 radical (unpaired) electrons. The Hall–Kier alpha value is -0.0400. The van der Waals surface area contributed by atoms with Crippen LogP contribution in [0.4, 0.5) is 0 Å². The predicted molar refractivity (Wildman–Crippen MR) is 45.2 cm³/mol. The van der Waals surface area contributed by atoms with Gasteiger partial charge in [-0.1, -0.05) is 6.92 Å². The molecule has 0 saturated carbocycles. The van der Waals surface area contributed by atoms with E-state index in [9.17, 15) is 0 Å². The molecule has 0 aromatic heterocycles. The largest absolute Gasteiger partial charge is 0.296 e. The number of hydrogen-bond donors (Lipinski definition) is 0. The van der Waals surface area contributed by atoms with Gasteiger partial charge in [0.2, 0.25) is 0 Å². The highest BCUT2D eigenvalue weighted by molar-refractivity contribution is 4.91. The Morgan fingerprint density at radius 3 is 2.30 bits per heavy atom. The van der Waals surface area contributed by atoms with E-state index in [4.69, 9.17) is 0 Å². The average molecular weight is 141 g/mol. The highest BCUT2D eigenvalue weighted by atomic mass is 15.2. The minimum absolute atomic E-state index is 0.466. The molecular formula is C9H19N. The van der Waals surface area contributed by atoms with Crippen LogP contribution in [0.3, 0.4) is 0 Å². The van der Waals surface area contributed by atoms with Gasteiger partial charge in [-0.25, -0.2) is 0 Å². The molecule has 1 saturated heterocycles. The van der Waals surface area contributed by atoms with Crippen molar-refractivity contribution < 1.29 is 0 Å². The van der Waals surface area contributed by atoms with Crippen LogP contribution in [0.2, 0.25) is 0 Å². The van der Waals surface area contributed by atoms with Crippen molar-refractivity contribution >= 4 is 0 Å². The molecule has 0 unspecified atom stereocenters. The molecule has 0 aromatic carbocycles. The van der Waals surface area contributed by atoms with Crippen LogP contribution in [0.25, 0.3) is 0 Å². The van der Waals surface area contributed by atoms with Crippen LogP contribution in [-0.4, -0.2) is 23.0 Å². The van der Waals surface area contributed by atoms with Gasteiger partial charge in [-0.3, -0.25) is 4.90 Å². The molecule has 1 nitrogen and oxygen atoms in total. The minimum Gasteiger partial charge on any atom is -0.296 e. The third-order valence-electron chi connectivity index (χ3n) is 2.82. The van der Waals surface area contributed by atoms with Gasteiger partial charge in [0, 0.05) is 11.6 Å². The number of rotatable bonds is 1. The zero-order valence-electron chi connectivity index (χ0n) is 7.65. The van der Waals surface area contributed by atoms with Crippen molar-refractivity contribution in [1.82, 2.24) is 4.90 Å². The number of likely N-dealkylation sites (tertiary alicyclic amines) is 1. The van der Waals surface area contributed by atoms with Gasteiger partial charge in [-0.05, 0) is 40.2 Å². The van der Waals surface area contributed by atoms with E-state index in [-0.39, 0.29) is 0 Å². The Labute approximate surface area is 64.4 Å². The van der Waals surface area contributed by atoms with Crippen LogP contribution >= 0.6 is 0 Å². The Morgan fingerprint density at radius 2 is 2.10 bits per heavy atom. The summed E-state index contributed by atoms with van der Waals surface area (Å²) < 4.78 is 0. The van der Waals surface area contributed by atoms with E-state index in [0.717, 1.165) is 6.04 Å². The molecule has 0 aromatic rings. The summed E-state index contributed by atoms with van der Waals surface area (Å²) in [7, 11) is 0. The van der Waals surface area contributed by atoms with Crippen LogP contribution in [-0.2, 0) is 0 Å². The van der Waals surface area contributed by atoms with Crippen molar-refractivity contribution in [3.8, 4) is 0 Å². The first kappa shape index (κ1) is 8.06. The SMILES string of the molecule is CCN1[C@H](C)CCC1(C)C. The maximum atomic E-state index is 2.59. The summed E-state index contributed by atoms with van der Waals surface area (Å²) in [6.45, 7) is 10.5. The fourth-order valence-corrected chi connectivity index (χ4v) is 2.20. The van der Waals surface area contributed by atoms with Gasteiger partial charge in [-0.2, -0.15) is 0 Å². The number of hydrogen-bond acceptors (Lipinski definition) is 1. The molecule has 0 amide bonds. The molecule has 0 spiro atoms. The standard InChI is InChI=1S/C9H19N/c1-5-10-8(2)6-7-9(10,3)4/h8H,5-7H2,1-4H3/t8-/m1/s1. The van der Waals surface area contributed by atoms with Crippen LogP contribution in [0, 0.1) is 0 Å². The topological polar surface area (TPSA) is 3.24 Å². The first-order chi connectivity index (χ1) is 4.58. The summed E-state index contributed by atoms with van der Waals surface area (Å²) in [5, 5.41) is 0. The first-order valence-corrected chi connectivity index (χ1v) is 4.34. The van der Waals surface area contributed by atoms with Gasteiger partial charge < -0.3 is 0 Å². The van der Waals surface area contributed by atoms with E-state index in [2.05, 4.69) is 32.6 Å². The minimum atomic E-state index is 0.466. The maximum absolute atomic E-state index is 2.59. The lowest BCUT2D eigenvalue weighted by atomic mass is 10.0. The van der Waals surface area contributed by atoms with Gasteiger partial charge in [0.25, 0.3) is 0 Å². The van der Waals surface area contributed by atoms with Crippen molar-refractivity contribution in [2.24, 2.45) is 0 Å². The summed E-state index contributed by atoms with van der Waals surface area (Å²) in [4.78, 5) is 2.59. The zero-order chi connectivity index (χ0) is 7.78. The van der Waals surface area contributed by atoms with Crippen molar-refractivity contribution in [3.63, 3.8) is 0 Å². The lowest BCUT2D eigenvalue weighted by Crippen LogP contribution is -2.41. The van der Waals surface area contributed by atoms with Gasteiger partial charge >= 0.3 is 0 Å². The van der Waals surface area contributed by atoms with Gasteiger partial charge in [-0.15, -0.1) is 0 Å². The molecule has 1 aliphatic rings. The fourth-order valence-electron chi connectivity index (χ4n) is 2.20. The van der Waals surface area contributed by atoms with Crippen LogP contribution in [0.5, 0.6) is 0 Å². The van der Waals surface area contributed by atoms with E-state index in [1.165, 1.54) is 19.4 Å². The molecule has 1 fully saturated rings. The lowest BCUT2D eigenvalue weighted by molar-refractivity contribution is 0.145. The lowest BCUT2D eigenvalue weighted by Gasteiger charge is -2.33. The molecule has 1 heterocycles. The molecule has 1 heteroatoms. The highest BCUT2D eigenvalue weighted by Gasteiger charge is 2.35. The second-order valence-corrected chi connectivity index (χ2v) is 3.99. The summed E-state index contributed by atoms with van der Waals surface area (Å²) in [5.74, 6) is 0. The fraction of sp³-hybridized carbons (Fsp3) is 1.00. The van der Waals surface area contributed by atoms with Gasteiger partial charge in [0.1, 0.15) is 0 Å². The molecule has 0 N–H and O–H groups in total. The first-order valence-electron chi connectivity index (χ1n) is 4.34. The predicted octanol–water partition coefficient (Wildman–Crippen LogP) is 2.27. The van der Waals surface area contributed by atoms with Gasteiger partial charge in [0.15, 0.2) is 0 Å². The summed E-state index contributed by atoms with van der Waals surface area (Å²) in [6.07, 6.45) is 2.74. The summed E-state index contributed by atoms with van der Waals surface area (Å²) >= 11 is 0.